The van der Waals surface area contributed by atoms with Gasteiger partial charge in [0.25, 0.3) is 0 Å². The van der Waals surface area contributed by atoms with Gasteiger partial charge in [-0.15, -0.1) is 0 Å². The molecule has 3 heteroatoms. The van der Waals surface area contributed by atoms with Crippen LogP contribution in [0, 0.1) is 28.6 Å². The van der Waals surface area contributed by atoms with Gasteiger partial charge in [-0.25, -0.2) is 0 Å². The van der Waals surface area contributed by atoms with E-state index in [1.54, 1.807) is 0 Å². The zero-order chi connectivity index (χ0) is 16.6. The van der Waals surface area contributed by atoms with Gasteiger partial charge in [0.15, 0.2) is 11.5 Å². The number of rotatable bonds is 0. The summed E-state index contributed by atoms with van der Waals surface area (Å²) in [6.07, 6.45) is 5.77. The van der Waals surface area contributed by atoms with Gasteiger partial charge in [0, 0.05) is 11.8 Å². The van der Waals surface area contributed by atoms with Crippen LogP contribution in [0.15, 0.2) is 23.5 Å². The zero-order valence-electron chi connectivity index (χ0n) is 14.3. The zero-order valence-corrected chi connectivity index (χ0v) is 14.3. The van der Waals surface area contributed by atoms with Crippen molar-refractivity contribution in [2.75, 3.05) is 0 Å². The number of carbonyl (C=O) groups excluding carboxylic acids is 1. The van der Waals surface area contributed by atoms with Gasteiger partial charge in [-0.05, 0) is 67.3 Å². The minimum Gasteiger partial charge on any atom is -0.504 e. The van der Waals surface area contributed by atoms with Crippen LogP contribution in [0.1, 0.15) is 58.8 Å². The molecule has 0 aliphatic heterocycles. The molecule has 4 rings (SSSR count). The molecule has 2 N–H and O–H groups in total. The van der Waals surface area contributed by atoms with Crippen LogP contribution in [-0.4, -0.2) is 22.1 Å². The third-order valence-corrected chi connectivity index (χ3v) is 7.96. The van der Waals surface area contributed by atoms with Gasteiger partial charge in [-0.1, -0.05) is 26.0 Å². The highest BCUT2D eigenvalue weighted by atomic mass is 16.3. The number of fused-ring (bicyclic) bond motifs is 5. The van der Waals surface area contributed by atoms with Crippen molar-refractivity contribution in [2.45, 2.75) is 64.9 Å². The van der Waals surface area contributed by atoms with Crippen molar-refractivity contribution >= 4 is 5.78 Å². The summed E-state index contributed by atoms with van der Waals surface area (Å²) in [7, 11) is 0. The predicted molar refractivity (Wildman–Crippen MR) is 88.8 cm³/mol. The highest BCUT2D eigenvalue weighted by Gasteiger charge is 2.60. The van der Waals surface area contributed by atoms with Gasteiger partial charge in [0.1, 0.15) is 0 Å². The Balaban J connectivity index is 1.75. The number of allylic oxidation sites excluding steroid dienone is 1. The van der Waals surface area contributed by atoms with Gasteiger partial charge in [-0.2, -0.15) is 0 Å². The van der Waals surface area contributed by atoms with E-state index in [2.05, 4.69) is 20.4 Å². The first-order chi connectivity index (χ1) is 10.8. The molecule has 6 atom stereocenters. The molecule has 3 saturated carbocycles. The first-order valence-electron chi connectivity index (χ1n) is 9.10. The maximum Gasteiger partial charge on any atom is 0.197 e. The average molecular weight is 316 g/mol. The second-order valence-electron chi connectivity index (χ2n) is 8.88. The van der Waals surface area contributed by atoms with E-state index in [0.29, 0.717) is 24.2 Å². The number of aliphatic hydroxyl groups is 2. The average Bonchev–Trinajstić information content (AvgIpc) is 2.73. The van der Waals surface area contributed by atoms with Crippen molar-refractivity contribution in [3.8, 4) is 0 Å². The van der Waals surface area contributed by atoms with Gasteiger partial charge in [0.05, 0.1) is 6.10 Å². The van der Waals surface area contributed by atoms with E-state index in [1.165, 1.54) is 5.57 Å². The van der Waals surface area contributed by atoms with Gasteiger partial charge in [0.2, 0.25) is 0 Å². The number of ketones is 1. The van der Waals surface area contributed by atoms with Crippen molar-refractivity contribution in [1.29, 1.82) is 0 Å². The Labute approximate surface area is 138 Å². The fourth-order valence-electron chi connectivity index (χ4n) is 6.67. The monoisotopic (exact) mass is 316 g/mol. The van der Waals surface area contributed by atoms with Gasteiger partial charge >= 0.3 is 0 Å². The highest BCUT2D eigenvalue weighted by Crippen LogP contribution is 2.66. The van der Waals surface area contributed by atoms with Crippen LogP contribution in [0.2, 0.25) is 0 Å². The lowest BCUT2D eigenvalue weighted by Crippen LogP contribution is -2.51. The molecular weight excluding hydrogens is 288 g/mol. The van der Waals surface area contributed by atoms with Gasteiger partial charge < -0.3 is 10.2 Å². The van der Waals surface area contributed by atoms with E-state index in [0.717, 1.165) is 44.1 Å². The van der Waals surface area contributed by atoms with Crippen LogP contribution in [0.5, 0.6) is 0 Å². The Hall–Kier alpha value is -1.09. The summed E-state index contributed by atoms with van der Waals surface area (Å²) in [5.74, 6) is 1.43. The molecule has 0 aromatic heterocycles. The van der Waals surface area contributed by atoms with E-state index in [1.807, 2.05) is 0 Å². The minimum atomic E-state index is -0.257. The summed E-state index contributed by atoms with van der Waals surface area (Å²) < 4.78 is 0. The summed E-state index contributed by atoms with van der Waals surface area (Å²) in [5.41, 5.74) is 2.17. The van der Waals surface area contributed by atoms with Crippen molar-refractivity contribution in [3.63, 3.8) is 0 Å². The first kappa shape index (κ1) is 15.4. The molecule has 0 heterocycles. The predicted octanol–water partition coefficient (Wildman–Crippen LogP) is 3.93. The molecule has 0 saturated heterocycles. The van der Waals surface area contributed by atoms with E-state index in [4.69, 9.17) is 0 Å². The molecule has 0 spiro atoms. The Morgan fingerprint density at radius 2 is 1.91 bits per heavy atom. The standard InChI is InChI=1S/C20H28O3/c1-11-10-16(22)20(3)8-6-13-12(17(11)20)4-5-14-18(23)15(21)7-9-19(13,14)2/h12-13,16-17,22-23H,1,4-10H2,2-3H3/t12-,13+,16-,17+,19-,20-/m1/s1. The topological polar surface area (TPSA) is 57.5 Å². The van der Waals surface area contributed by atoms with E-state index < -0.39 is 0 Å². The fourth-order valence-corrected chi connectivity index (χ4v) is 6.67. The minimum absolute atomic E-state index is 0.0254. The molecule has 0 radical (unpaired) electrons. The van der Waals surface area contributed by atoms with E-state index in [9.17, 15) is 15.0 Å². The molecule has 3 fully saturated rings. The molecule has 23 heavy (non-hydrogen) atoms. The molecule has 4 aliphatic rings. The van der Waals surface area contributed by atoms with Crippen LogP contribution in [-0.2, 0) is 4.79 Å². The van der Waals surface area contributed by atoms with Crippen LogP contribution in [0.4, 0.5) is 0 Å². The number of aliphatic hydroxyl groups excluding tert-OH is 2. The largest absolute Gasteiger partial charge is 0.504 e. The lowest BCUT2D eigenvalue weighted by molar-refractivity contribution is -0.122. The van der Waals surface area contributed by atoms with Crippen molar-refractivity contribution < 1.29 is 15.0 Å². The molecule has 0 bridgehead atoms. The second kappa shape index (κ2) is 4.72. The molecular formula is C20H28O3. The van der Waals surface area contributed by atoms with Crippen molar-refractivity contribution in [2.24, 2.45) is 28.6 Å². The summed E-state index contributed by atoms with van der Waals surface area (Å²) in [6, 6.07) is 0. The molecule has 0 amide bonds. The SMILES string of the molecule is C=C1C[C@@H](O)[C@@]2(C)CC[C@H]3[C@@H](CCC4=C(O)C(=O)CC[C@@]43C)[C@H]12. The molecule has 0 aromatic rings. The Morgan fingerprint density at radius 1 is 1.17 bits per heavy atom. The van der Waals surface area contributed by atoms with E-state index in [-0.39, 0.29) is 28.5 Å². The third kappa shape index (κ3) is 1.83. The highest BCUT2D eigenvalue weighted by molar-refractivity contribution is 5.95. The Morgan fingerprint density at radius 3 is 2.65 bits per heavy atom. The van der Waals surface area contributed by atoms with Crippen LogP contribution in [0.3, 0.4) is 0 Å². The molecule has 4 aliphatic carbocycles. The molecule has 0 aromatic carbocycles. The normalized spacial score (nSPS) is 49.7. The number of Topliss-reactive ketones (excluding diaryl/α,β-unsaturated/α-hetero) is 1. The lowest BCUT2D eigenvalue weighted by atomic mass is 9.47. The first-order valence-corrected chi connectivity index (χ1v) is 9.10. The summed E-state index contributed by atoms with van der Waals surface area (Å²) in [4.78, 5) is 11.9. The Kier molecular flexibility index (Phi) is 3.17. The second-order valence-corrected chi connectivity index (χ2v) is 8.88. The van der Waals surface area contributed by atoms with Crippen molar-refractivity contribution in [3.05, 3.63) is 23.5 Å². The fraction of sp³-hybridized carbons (Fsp3) is 0.750. The van der Waals surface area contributed by atoms with Crippen molar-refractivity contribution in [1.82, 2.24) is 0 Å². The quantitative estimate of drug-likeness (QED) is 0.666. The van der Waals surface area contributed by atoms with Gasteiger partial charge in [-0.3, -0.25) is 4.79 Å². The number of hydrogen-bond acceptors (Lipinski definition) is 3. The maximum absolute atomic E-state index is 11.9. The lowest BCUT2D eigenvalue weighted by Gasteiger charge is -2.57. The summed E-state index contributed by atoms with van der Waals surface area (Å²) >= 11 is 0. The molecule has 126 valence electrons. The van der Waals surface area contributed by atoms with Crippen LogP contribution in [0.25, 0.3) is 0 Å². The van der Waals surface area contributed by atoms with Crippen LogP contribution >= 0.6 is 0 Å². The van der Waals surface area contributed by atoms with E-state index >= 15 is 0 Å². The third-order valence-electron chi connectivity index (χ3n) is 7.96. The summed E-state index contributed by atoms with van der Waals surface area (Å²) in [5, 5.41) is 20.9. The number of carbonyl (C=O) groups is 1. The smallest absolute Gasteiger partial charge is 0.197 e. The van der Waals surface area contributed by atoms with Crippen LogP contribution < -0.4 is 0 Å². The molecule has 3 nitrogen and oxygen atoms in total. The maximum atomic E-state index is 11.9. The molecule has 0 unspecified atom stereocenters. The summed E-state index contributed by atoms with van der Waals surface area (Å²) in [6.45, 7) is 8.81. The number of hydrogen-bond donors (Lipinski definition) is 2. The Bertz CT molecular complexity index is 618.